The Morgan fingerprint density at radius 3 is 2.59 bits per heavy atom. The van der Waals surface area contributed by atoms with Crippen LogP contribution in [-0.2, 0) is 0 Å². The zero-order valence-corrected chi connectivity index (χ0v) is 12.9. The van der Waals surface area contributed by atoms with E-state index in [1.165, 1.54) is 34.9 Å². The monoisotopic (exact) mass is 343 g/mol. The molecule has 0 spiro atoms. The Morgan fingerprint density at radius 2 is 1.88 bits per heavy atom. The fraction of sp³-hybridized carbons (Fsp3) is 0.600. The maximum Gasteiger partial charge on any atom is 0.0478 e. The summed E-state index contributed by atoms with van der Waals surface area (Å²) in [4.78, 5) is 0. The van der Waals surface area contributed by atoms with Gasteiger partial charge in [0, 0.05) is 15.3 Å². The molecule has 0 aromatic heterocycles. The third-order valence-electron chi connectivity index (χ3n) is 3.89. The first kappa shape index (κ1) is 13.2. The Bertz CT molecular complexity index is 362. The molecule has 1 nitrogen and oxygen atoms in total. The van der Waals surface area contributed by atoms with Crippen molar-refractivity contribution in [1.29, 1.82) is 0 Å². The van der Waals surface area contributed by atoms with Crippen molar-refractivity contribution in [2.75, 3.05) is 5.32 Å². The van der Waals surface area contributed by atoms with Crippen LogP contribution in [0.25, 0.3) is 0 Å². The second-order valence-corrected chi connectivity index (χ2v) is 6.59. The van der Waals surface area contributed by atoms with Crippen LogP contribution in [0.4, 0.5) is 5.69 Å². The molecule has 1 aliphatic rings. The first-order chi connectivity index (χ1) is 8.18. The number of rotatable bonds is 3. The van der Waals surface area contributed by atoms with Crippen LogP contribution in [0.3, 0.4) is 0 Å². The van der Waals surface area contributed by atoms with E-state index in [-0.39, 0.29) is 0 Å². The van der Waals surface area contributed by atoms with Crippen molar-refractivity contribution in [3.05, 3.63) is 27.8 Å². The molecule has 0 bridgehead atoms. The minimum atomic E-state index is 0.666. The molecule has 0 amide bonds. The van der Waals surface area contributed by atoms with E-state index in [4.69, 9.17) is 0 Å². The van der Waals surface area contributed by atoms with Gasteiger partial charge in [0.2, 0.25) is 0 Å². The second kappa shape index (κ2) is 6.07. The summed E-state index contributed by atoms with van der Waals surface area (Å²) in [5, 5.41) is 3.77. The van der Waals surface area contributed by atoms with Gasteiger partial charge < -0.3 is 5.32 Å². The molecule has 2 atom stereocenters. The van der Waals surface area contributed by atoms with E-state index in [9.17, 15) is 0 Å². The predicted molar refractivity (Wildman–Crippen MR) is 83.4 cm³/mol. The molecule has 0 radical (unpaired) electrons. The van der Waals surface area contributed by atoms with Crippen LogP contribution in [0.1, 0.15) is 39.5 Å². The van der Waals surface area contributed by atoms with E-state index >= 15 is 0 Å². The van der Waals surface area contributed by atoms with Gasteiger partial charge in [-0.05, 0) is 59.4 Å². The van der Waals surface area contributed by atoms with E-state index in [1.54, 1.807) is 0 Å². The van der Waals surface area contributed by atoms with Crippen molar-refractivity contribution in [3.63, 3.8) is 0 Å². The van der Waals surface area contributed by atoms with Gasteiger partial charge in [-0.15, -0.1) is 0 Å². The molecule has 1 fully saturated rings. The Labute approximate surface area is 119 Å². The van der Waals surface area contributed by atoms with E-state index in [0.717, 1.165) is 11.8 Å². The van der Waals surface area contributed by atoms with Gasteiger partial charge in [0.05, 0.1) is 0 Å². The fourth-order valence-electron chi connectivity index (χ4n) is 2.91. The largest absolute Gasteiger partial charge is 0.381 e. The molecule has 1 N–H and O–H groups in total. The molecular formula is C15H22IN. The first-order valence-corrected chi connectivity index (χ1v) is 7.77. The highest BCUT2D eigenvalue weighted by Gasteiger charge is 2.27. The molecule has 17 heavy (non-hydrogen) atoms. The summed E-state index contributed by atoms with van der Waals surface area (Å²) >= 11 is 2.42. The van der Waals surface area contributed by atoms with Crippen LogP contribution in [0.2, 0.25) is 0 Å². The first-order valence-electron chi connectivity index (χ1n) is 6.69. The van der Waals surface area contributed by atoms with Crippen LogP contribution in [0.15, 0.2) is 24.3 Å². The second-order valence-electron chi connectivity index (χ2n) is 5.42. The maximum atomic E-state index is 3.77. The summed E-state index contributed by atoms with van der Waals surface area (Å²) in [5.74, 6) is 1.62. The molecule has 2 rings (SSSR count). The molecule has 1 aliphatic carbocycles. The lowest BCUT2D eigenvalue weighted by atomic mass is 9.78. The van der Waals surface area contributed by atoms with Crippen molar-refractivity contribution < 1.29 is 0 Å². The molecule has 0 heterocycles. The van der Waals surface area contributed by atoms with Gasteiger partial charge in [-0.3, -0.25) is 0 Å². The van der Waals surface area contributed by atoms with Crippen molar-refractivity contribution in [1.82, 2.24) is 0 Å². The van der Waals surface area contributed by atoms with Crippen LogP contribution < -0.4 is 5.32 Å². The standard InChI is InChI=1S/C15H22IN/c1-11(2)12-7-3-5-9-14(12)17-15-10-6-4-8-13(15)16/h4,6,8,10-12,14,17H,3,5,7,9H2,1-2H3. The molecule has 0 aliphatic heterocycles. The number of hydrogen-bond acceptors (Lipinski definition) is 1. The third-order valence-corrected chi connectivity index (χ3v) is 4.83. The number of halogens is 1. The highest BCUT2D eigenvalue weighted by molar-refractivity contribution is 14.1. The number of para-hydroxylation sites is 1. The number of anilines is 1. The lowest BCUT2D eigenvalue weighted by molar-refractivity contribution is 0.254. The minimum Gasteiger partial charge on any atom is -0.381 e. The molecule has 2 unspecified atom stereocenters. The lowest BCUT2D eigenvalue weighted by Gasteiger charge is -2.35. The van der Waals surface area contributed by atoms with Gasteiger partial charge in [-0.1, -0.05) is 38.8 Å². The molecular weight excluding hydrogens is 321 g/mol. The smallest absolute Gasteiger partial charge is 0.0478 e. The summed E-state index contributed by atoms with van der Waals surface area (Å²) in [6.45, 7) is 4.72. The number of hydrogen-bond donors (Lipinski definition) is 1. The summed E-state index contributed by atoms with van der Waals surface area (Å²) in [6, 6.07) is 9.27. The molecule has 1 aromatic carbocycles. The zero-order chi connectivity index (χ0) is 12.3. The van der Waals surface area contributed by atoms with Gasteiger partial charge >= 0.3 is 0 Å². The number of benzene rings is 1. The molecule has 2 heteroatoms. The van der Waals surface area contributed by atoms with Crippen molar-refractivity contribution in [2.45, 2.75) is 45.6 Å². The summed E-state index contributed by atoms with van der Waals surface area (Å²) in [6.07, 6.45) is 5.50. The Balaban J connectivity index is 2.08. The van der Waals surface area contributed by atoms with Gasteiger partial charge in [0.1, 0.15) is 0 Å². The SMILES string of the molecule is CC(C)C1CCCCC1Nc1ccccc1I. The highest BCUT2D eigenvalue weighted by atomic mass is 127. The van der Waals surface area contributed by atoms with Gasteiger partial charge in [-0.2, -0.15) is 0 Å². The molecule has 94 valence electrons. The topological polar surface area (TPSA) is 12.0 Å². The van der Waals surface area contributed by atoms with Crippen LogP contribution in [0.5, 0.6) is 0 Å². The Morgan fingerprint density at radius 1 is 1.18 bits per heavy atom. The van der Waals surface area contributed by atoms with Crippen molar-refractivity contribution >= 4 is 28.3 Å². The van der Waals surface area contributed by atoms with E-state index in [0.29, 0.717) is 6.04 Å². The molecule has 1 aromatic rings. The van der Waals surface area contributed by atoms with Crippen LogP contribution >= 0.6 is 22.6 Å². The zero-order valence-electron chi connectivity index (χ0n) is 10.7. The lowest BCUT2D eigenvalue weighted by Crippen LogP contribution is -2.35. The van der Waals surface area contributed by atoms with E-state index < -0.39 is 0 Å². The Hall–Kier alpha value is -0.250. The highest BCUT2D eigenvalue weighted by Crippen LogP contribution is 2.33. The van der Waals surface area contributed by atoms with Crippen LogP contribution in [0, 0.1) is 15.4 Å². The van der Waals surface area contributed by atoms with E-state index in [1.807, 2.05) is 0 Å². The van der Waals surface area contributed by atoms with Gasteiger partial charge in [0.15, 0.2) is 0 Å². The summed E-state index contributed by atoms with van der Waals surface area (Å²) in [7, 11) is 0. The van der Waals surface area contributed by atoms with Crippen LogP contribution in [-0.4, -0.2) is 6.04 Å². The maximum absolute atomic E-state index is 3.77. The fourth-order valence-corrected chi connectivity index (χ4v) is 3.46. The summed E-state index contributed by atoms with van der Waals surface area (Å²) < 4.78 is 1.33. The number of nitrogens with one attached hydrogen (secondary N) is 1. The quantitative estimate of drug-likeness (QED) is 0.769. The Kier molecular flexibility index (Phi) is 4.71. The minimum absolute atomic E-state index is 0.666. The summed E-state index contributed by atoms with van der Waals surface area (Å²) in [5.41, 5.74) is 1.31. The predicted octanol–water partition coefficient (Wildman–Crippen LogP) is 4.92. The average molecular weight is 343 g/mol. The normalized spacial score (nSPS) is 24.9. The molecule has 1 saturated carbocycles. The van der Waals surface area contributed by atoms with Crippen molar-refractivity contribution in [3.8, 4) is 0 Å². The average Bonchev–Trinajstić information content (AvgIpc) is 2.32. The van der Waals surface area contributed by atoms with Crippen molar-refractivity contribution in [2.24, 2.45) is 11.8 Å². The molecule has 0 saturated heterocycles. The van der Waals surface area contributed by atoms with Gasteiger partial charge in [0.25, 0.3) is 0 Å². The third kappa shape index (κ3) is 3.36. The van der Waals surface area contributed by atoms with Gasteiger partial charge in [-0.25, -0.2) is 0 Å². The van der Waals surface area contributed by atoms with E-state index in [2.05, 4.69) is 66.0 Å².